The number of aromatic nitrogens is 2. The normalized spacial score (nSPS) is 14.0. The molecule has 0 saturated carbocycles. The van der Waals surface area contributed by atoms with Crippen LogP contribution in [0.5, 0.6) is 0 Å². The number of nitrogens with one attached hydrogen (secondary N) is 1. The fourth-order valence-corrected chi connectivity index (χ4v) is 1.15. The van der Waals surface area contributed by atoms with E-state index in [0.29, 0.717) is 0 Å². The van der Waals surface area contributed by atoms with Crippen molar-refractivity contribution >= 4 is 29.0 Å². The maximum Gasteiger partial charge on any atom is 0.165 e. The first-order chi connectivity index (χ1) is 4.97. The molecule has 0 spiro atoms. The molecule has 2 rings (SSSR count). The molecule has 5 heteroatoms. The number of aliphatic imine (C=N–C) groups is 1. The topological polar surface area (TPSA) is 50.2 Å². The highest BCUT2D eigenvalue weighted by molar-refractivity contribution is 8.13. The second-order valence-corrected chi connectivity index (χ2v) is 2.36. The smallest absolute Gasteiger partial charge is 0.165 e. The highest BCUT2D eigenvalue weighted by Gasteiger charge is 2.03. The van der Waals surface area contributed by atoms with Crippen LogP contribution < -0.4 is 4.72 Å². The quantitative estimate of drug-likeness (QED) is 0.568. The predicted octanol–water partition coefficient (Wildman–Crippen LogP) is 1.21. The third kappa shape index (κ3) is 0.841. The molecule has 0 aromatic carbocycles. The molecule has 1 aromatic heterocycles. The van der Waals surface area contributed by atoms with Gasteiger partial charge < -0.3 is 4.72 Å². The minimum Gasteiger partial charge on any atom is -0.308 e. The van der Waals surface area contributed by atoms with Crippen molar-refractivity contribution in [2.75, 3.05) is 4.72 Å². The van der Waals surface area contributed by atoms with Crippen LogP contribution in [-0.2, 0) is 0 Å². The summed E-state index contributed by atoms with van der Waals surface area (Å²) in [7, 11) is 0. The van der Waals surface area contributed by atoms with Crippen molar-refractivity contribution in [3.63, 3.8) is 0 Å². The van der Waals surface area contributed by atoms with Crippen LogP contribution >= 0.6 is 11.9 Å². The summed E-state index contributed by atoms with van der Waals surface area (Å²) in [6, 6.07) is 0. The summed E-state index contributed by atoms with van der Waals surface area (Å²) in [6.07, 6.45) is 3.17. The highest BCUT2D eigenvalue weighted by Crippen LogP contribution is 2.25. The van der Waals surface area contributed by atoms with Crippen molar-refractivity contribution in [2.24, 2.45) is 4.99 Å². The number of fused-ring (bicyclic) bond motifs is 1. The van der Waals surface area contributed by atoms with E-state index in [9.17, 15) is 0 Å². The van der Waals surface area contributed by atoms with Crippen molar-refractivity contribution in [1.82, 2.24) is 9.97 Å². The molecule has 1 aliphatic heterocycles. The molecular formula is C5H4N4S. The van der Waals surface area contributed by atoms with Gasteiger partial charge in [0.15, 0.2) is 5.82 Å². The number of rotatable bonds is 0. The van der Waals surface area contributed by atoms with Gasteiger partial charge in [-0.2, -0.15) is 0 Å². The zero-order valence-electron chi connectivity index (χ0n) is 4.98. The Kier molecular flexibility index (Phi) is 1.28. The third-order valence-electron chi connectivity index (χ3n) is 1.09. The summed E-state index contributed by atoms with van der Waals surface area (Å²) in [6.45, 7) is 0. The maximum absolute atomic E-state index is 4.04. The average molecular weight is 152 g/mol. The zero-order chi connectivity index (χ0) is 6.81. The standard InChI is InChI=1S/C5H4N4S/c1-4-5(7-2-6-1)9-10-3-8-4/h1-3H,(H,6,7,9). The largest absolute Gasteiger partial charge is 0.308 e. The molecule has 0 bridgehead atoms. The molecular weight excluding hydrogens is 148 g/mol. The van der Waals surface area contributed by atoms with Gasteiger partial charge >= 0.3 is 0 Å². The lowest BCUT2D eigenvalue weighted by atomic mass is 10.5. The number of nitrogens with zero attached hydrogens (tertiary/aromatic N) is 3. The van der Waals surface area contributed by atoms with Crippen LogP contribution in [0.15, 0.2) is 17.5 Å². The van der Waals surface area contributed by atoms with E-state index in [-0.39, 0.29) is 0 Å². The molecule has 1 aliphatic rings. The van der Waals surface area contributed by atoms with E-state index in [4.69, 9.17) is 0 Å². The fraction of sp³-hybridized carbons (Fsp3) is 0. The Labute approximate surface area is 61.9 Å². The van der Waals surface area contributed by atoms with E-state index in [0.717, 1.165) is 11.5 Å². The lowest BCUT2D eigenvalue weighted by Gasteiger charge is -2.06. The summed E-state index contributed by atoms with van der Waals surface area (Å²) in [5.41, 5.74) is 2.51. The van der Waals surface area contributed by atoms with Gasteiger partial charge in [0.25, 0.3) is 0 Å². The molecule has 4 nitrogen and oxygen atoms in total. The van der Waals surface area contributed by atoms with E-state index in [1.807, 2.05) is 0 Å². The molecule has 0 fully saturated rings. The first-order valence-electron chi connectivity index (χ1n) is 2.71. The first-order valence-corrected chi connectivity index (χ1v) is 3.59. The maximum atomic E-state index is 4.04. The van der Waals surface area contributed by atoms with Gasteiger partial charge in [0.2, 0.25) is 0 Å². The Morgan fingerprint density at radius 1 is 1.50 bits per heavy atom. The second-order valence-electron chi connectivity index (χ2n) is 1.71. The van der Waals surface area contributed by atoms with E-state index in [1.165, 1.54) is 18.3 Å². The summed E-state index contributed by atoms with van der Waals surface area (Å²) in [5, 5.41) is 0. The fourth-order valence-electron chi connectivity index (χ4n) is 0.661. The van der Waals surface area contributed by atoms with Crippen LogP contribution in [0, 0.1) is 0 Å². The van der Waals surface area contributed by atoms with E-state index in [1.54, 1.807) is 11.7 Å². The van der Waals surface area contributed by atoms with Crippen molar-refractivity contribution in [2.45, 2.75) is 0 Å². The summed E-state index contributed by atoms with van der Waals surface area (Å²) in [5.74, 6) is 0.780. The van der Waals surface area contributed by atoms with Crippen LogP contribution in [0.1, 0.15) is 0 Å². The molecule has 0 aliphatic carbocycles. The van der Waals surface area contributed by atoms with Crippen molar-refractivity contribution in [3.05, 3.63) is 12.5 Å². The van der Waals surface area contributed by atoms with Gasteiger partial charge in [0.05, 0.1) is 11.7 Å². The van der Waals surface area contributed by atoms with E-state index in [2.05, 4.69) is 19.7 Å². The summed E-state index contributed by atoms with van der Waals surface area (Å²) < 4.78 is 2.98. The third-order valence-corrected chi connectivity index (χ3v) is 1.62. The Morgan fingerprint density at radius 3 is 3.40 bits per heavy atom. The predicted molar refractivity (Wildman–Crippen MR) is 41.4 cm³/mol. The monoisotopic (exact) mass is 152 g/mol. The van der Waals surface area contributed by atoms with E-state index >= 15 is 0 Å². The number of anilines is 1. The lowest BCUT2D eigenvalue weighted by molar-refractivity contribution is 1.17. The molecule has 0 radical (unpaired) electrons. The highest BCUT2D eigenvalue weighted by atomic mass is 32.2. The molecule has 0 amide bonds. The minimum absolute atomic E-state index is 0.780. The summed E-state index contributed by atoms with van der Waals surface area (Å²) >= 11 is 1.41. The average Bonchev–Trinajstić information content (AvgIpc) is 2.05. The van der Waals surface area contributed by atoms with Crippen LogP contribution in [0.4, 0.5) is 11.5 Å². The summed E-state index contributed by atoms with van der Waals surface area (Å²) in [4.78, 5) is 11.8. The van der Waals surface area contributed by atoms with E-state index < -0.39 is 0 Å². The Morgan fingerprint density at radius 2 is 2.50 bits per heavy atom. The molecule has 10 heavy (non-hydrogen) atoms. The molecule has 0 saturated heterocycles. The Bertz CT molecular complexity index is 272. The molecule has 1 aromatic rings. The van der Waals surface area contributed by atoms with Gasteiger partial charge in [-0.3, -0.25) is 0 Å². The van der Waals surface area contributed by atoms with Gasteiger partial charge in [-0.05, 0) is 11.9 Å². The lowest BCUT2D eigenvalue weighted by Crippen LogP contribution is -1.95. The molecule has 0 atom stereocenters. The molecule has 50 valence electrons. The van der Waals surface area contributed by atoms with Crippen molar-refractivity contribution < 1.29 is 0 Å². The first kappa shape index (κ1) is 5.67. The van der Waals surface area contributed by atoms with Crippen LogP contribution in [0.25, 0.3) is 0 Å². The molecule has 1 N–H and O–H groups in total. The number of hydrogen-bond donors (Lipinski definition) is 1. The van der Waals surface area contributed by atoms with Crippen molar-refractivity contribution in [3.8, 4) is 0 Å². The van der Waals surface area contributed by atoms with Gasteiger partial charge in [-0.1, -0.05) is 0 Å². The van der Waals surface area contributed by atoms with Gasteiger partial charge in [0, 0.05) is 0 Å². The van der Waals surface area contributed by atoms with Crippen molar-refractivity contribution in [1.29, 1.82) is 0 Å². The van der Waals surface area contributed by atoms with Crippen LogP contribution in [0.3, 0.4) is 0 Å². The SMILES string of the molecule is C1=Nc2cncnc2NS1. The zero-order valence-corrected chi connectivity index (χ0v) is 5.80. The minimum atomic E-state index is 0.780. The van der Waals surface area contributed by atoms with Gasteiger partial charge in [-0.25, -0.2) is 15.0 Å². The second kappa shape index (κ2) is 2.26. The Hall–Kier alpha value is -1.10. The van der Waals surface area contributed by atoms with Gasteiger partial charge in [0.1, 0.15) is 12.0 Å². The molecule has 0 unspecified atom stereocenters. The Balaban J connectivity index is 2.54. The van der Waals surface area contributed by atoms with Crippen LogP contribution in [0.2, 0.25) is 0 Å². The molecule has 2 heterocycles. The van der Waals surface area contributed by atoms with Gasteiger partial charge in [-0.15, -0.1) is 0 Å². The van der Waals surface area contributed by atoms with Crippen LogP contribution in [-0.4, -0.2) is 15.5 Å². The number of hydrogen-bond acceptors (Lipinski definition) is 5.